The maximum atomic E-state index is 11.0. The van der Waals surface area contributed by atoms with Crippen LogP contribution in [-0.2, 0) is 16.6 Å². The van der Waals surface area contributed by atoms with E-state index in [0.717, 1.165) is 37.9 Å². The van der Waals surface area contributed by atoms with Crippen molar-refractivity contribution in [2.45, 2.75) is 49.3 Å². The summed E-state index contributed by atoms with van der Waals surface area (Å²) >= 11 is 0. The highest BCUT2D eigenvalue weighted by Gasteiger charge is 2.58. The average Bonchev–Trinajstić information content (AvgIpc) is 2.63. The second-order valence-corrected chi connectivity index (χ2v) is 8.00. The van der Waals surface area contributed by atoms with Gasteiger partial charge in [-0.1, -0.05) is 12.1 Å². The molecule has 1 aromatic carbocycles. The van der Waals surface area contributed by atoms with Gasteiger partial charge in [-0.05, 0) is 49.8 Å². The van der Waals surface area contributed by atoms with Crippen LogP contribution < -0.4 is 4.74 Å². The summed E-state index contributed by atoms with van der Waals surface area (Å²) < 4.78 is 11.0. The Morgan fingerprint density at radius 3 is 2.88 bits per heavy atom. The number of likely N-dealkylation sites (tertiary alicyclic amines) is 1. The molecule has 5 atom stereocenters. The minimum absolute atomic E-state index is 0.145. The van der Waals surface area contributed by atoms with E-state index in [2.05, 4.69) is 17.5 Å². The number of benzene rings is 1. The molecule has 0 amide bonds. The maximum absolute atomic E-state index is 11.0. The Morgan fingerprint density at radius 2 is 2.19 bits per heavy atom. The third-order valence-corrected chi connectivity index (χ3v) is 7.02. The predicted molar refractivity (Wildman–Crippen MR) is 99.7 cm³/mol. The monoisotopic (exact) mass is 359 g/mol. The molecule has 2 fully saturated rings. The van der Waals surface area contributed by atoms with Crippen LogP contribution >= 0.6 is 0 Å². The number of aliphatic hydroxyl groups excluding tert-OH is 1. The smallest absolute Gasteiger partial charge is 0.161 e. The summed E-state index contributed by atoms with van der Waals surface area (Å²) in [7, 11) is 3.27. The van der Waals surface area contributed by atoms with E-state index in [1.165, 1.54) is 5.56 Å². The fourth-order valence-electron chi connectivity index (χ4n) is 5.92. The van der Waals surface area contributed by atoms with Crippen LogP contribution in [-0.4, -0.2) is 60.7 Å². The Morgan fingerprint density at radius 1 is 1.38 bits per heavy atom. The largest absolute Gasteiger partial charge is 0.504 e. The van der Waals surface area contributed by atoms with Crippen LogP contribution in [0.25, 0.3) is 0 Å². The lowest BCUT2D eigenvalue weighted by molar-refractivity contribution is -0.116. The average molecular weight is 359 g/mol. The first kappa shape index (κ1) is 17.8. The van der Waals surface area contributed by atoms with Crippen LogP contribution in [0.15, 0.2) is 24.8 Å². The van der Waals surface area contributed by atoms with Crippen molar-refractivity contribution in [3.63, 3.8) is 0 Å². The number of hydrogen-bond acceptors (Lipinski definition) is 5. The van der Waals surface area contributed by atoms with Crippen molar-refractivity contribution in [1.29, 1.82) is 0 Å². The number of ether oxygens (including phenoxy) is 2. The van der Waals surface area contributed by atoms with Crippen LogP contribution in [0.3, 0.4) is 0 Å². The summed E-state index contributed by atoms with van der Waals surface area (Å²) in [4.78, 5) is 2.50. The number of nitrogens with zero attached hydrogens (tertiary/aromatic N) is 1. The van der Waals surface area contributed by atoms with E-state index in [0.29, 0.717) is 24.1 Å². The number of fused-ring (bicyclic) bond motifs is 1. The summed E-state index contributed by atoms with van der Waals surface area (Å²) in [6, 6.07) is 4.33. The summed E-state index contributed by atoms with van der Waals surface area (Å²) in [6.07, 6.45) is 4.57. The van der Waals surface area contributed by atoms with Gasteiger partial charge in [0.25, 0.3) is 0 Å². The lowest BCUT2D eigenvalue weighted by Gasteiger charge is -2.60. The SMILES string of the molecule is C=CCN1CC[C@@]23CC(O)C(OC)C[C@@H]2[C@@H]1Cc1ccc(OC)c(O)c13. The Labute approximate surface area is 155 Å². The Kier molecular flexibility index (Phi) is 4.49. The quantitative estimate of drug-likeness (QED) is 0.808. The molecule has 2 unspecified atom stereocenters. The first-order valence-corrected chi connectivity index (χ1v) is 9.50. The Bertz CT molecular complexity index is 705. The zero-order valence-electron chi connectivity index (χ0n) is 15.6. The number of methoxy groups -OCH3 is 2. The van der Waals surface area contributed by atoms with E-state index in [1.54, 1.807) is 14.2 Å². The molecule has 0 spiro atoms. The number of aliphatic hydroxyl groups is 1. The van der Waals surface area contributed by atoms with Gasteiger partial charge in [-0.15, -0.1) is 6.58 Å². The minimum atomic E-state index is -0.514. The molecule has 142 valence electrons. The summed E-state index contributed by atoms with van der Waals surface area (Å²) in [5.41, 5.74) is 1.97. The van der Waals surface area contributed by atoms with Crippen LogP contribution in [0.5, 0.6) is 11.5 Å². The molecule has 2 bridgehead atoms. The van der Waals surface area contributed by atoms with Crippen LogP contribution in [0, 0.1) is 5.92 Å². The van der Waals surface area contributed by atoms with E-state index in [-0.39, 0.29) is 17.3 Å². The molecule has 2 N–H and O–H groups in total. The second-order valence-electron chi connectivity index (χ2n) is 8.00. The highest BCUT2D eigenvalue weighted by atomic mass is 16.5. The number of phenolic OH excluding ortho intramolecular Hbond substituents is 1. The van der Waals surface area contributed by atoms with Crippen molar-refractivity contribution in [3.05, 3.63) is 35.9 Å². The molecule has 5 heteroatoms. The first-order valence-electron chi connectivity index (χ1n) is 9.50. The van der Waals surface area contributed by atoms with E-state index < -0.39 is 6.10 Å². The number of piperidine rings is 1. The number of rotatable bonds is 4. The van der Waals surface area contributed by atoms with E-state index in [4.69, 9.17) is 9.47 Å². The van der Waals surface area contributed by atoms with Gasteiger partial charge in [0, 0.05) is 30.7 Å². The number of phenols is 1. The number of aromatic hydroxyl groups is 1. The lowest BCUT2D eigenvalue weighted by Crippen LogP contribution is -2.64. The molecular formula is C21H29NO4. The van der Waals surface area contributed by atoms with Gasteiger partial charge in [0.15, 0.2) is 11.5 Å². The molecule has 5 nitrogen and oxygen atoms in total. The van der Waals surface area contributed by atoms with Crippen molar-refractivity contribution in [1.82, 2.24) is 4.90 Å². The lowest BCUT2D eigenvalue weighted by atomic mass is 9.51. The second kappa shape index (κ2) is 6.55. The number of hydrogen-bond donors (Lipinski definition) is 2. The minimum Gasteiger partial charge on any atom is -0.504 e. The van der Waals surface area contributed by atoms with E-state index in [9.17, 15) is 10.2 Å². The Hall–Kier alpha value is -1.56. The molecule has 2 aliphatic carbocycles. The summed E-state index contributed by atoms with van der Waals surface area (Å²) in [5.74, 6) is 1.12. The molecule has 0 radical (unpaired) electrons. The standard InChI is InChI=1S/C21H29NO4/c1-4-8-22-9-7-21-12-16(23)18(26-3)11-14(21)15(22)10-13-5-6-17(25-2)20(24)19(13)21/h4-6,14-16,18,23-24H,1,7-12H2,2-3H3/t14-,15+,16?,18?,21-/m1/s1. The van der Waals surface area contributed by atoms with Gasteiger partial charge in [0.05, 0.1) is 19.3 Å². The van der Waals surface area contributed by atoms with Crippen LogP contribution in [0.1, 0.15) is 30.4 Å². The fourth-order valence-corrected chi connectivity index (χ4v) is 5.92. The summed E-state index contributed by atoms with van der Waals surface area (Å²) in [6.45, 7) is 5.75. The zero-order valence-corrected chi connectivity index (χ0v) is 15.6. The van der Waals surface area contributed by atoms with Gasteiger partial charge in [0.1, 0.15) is 0 Å². The van der Waals surface area contributed by atoms with Gasteiger partial charge in [-0.25, -0.2) is 0 Å². The molecule has 1 aromatic rings. The molecule has 26 heavy (non-hydrogen) atoms. The van der Waals surface area contributed by atoms with Gasteiger partial charge in [-0.3, -0.25) is 4.90 Å². The Balaban J connectivity index is 1.87. The maximum Gasteiger partial charge on any atom is 0.161 e. The van der Waals surface area contributed by atoms with Crippen molar-refractivity contribution in [2.24, 2.45) is 5.92 Å². The predicted octanol–water partition coefficient (Wildman–Crippen LogP) is 2.24. The zero-order chi connectivity index (χ0) is 18.5. The van der Waals surface area contributed by atoms with Gasteiger partial charge < -0.3 is 19.7 Å². The van der Waals surface area contributed by atoms with Crippen LogP contribution in [0.4, 0.5) is 0 Å². The highest BCUT2D eigenvalue weighted by Crippen LogP contribution is 2.59. The molecule has 0 aromatic heterocycles. The molecular weight excluding hydrogens is 330 g/mol. The third kappa shape index (κ3) is 2.41. The van der Waals surface area contributed by atoms with Gasteiger partial charge in [-0.2, -0.15) is 0 Å². The molecule has 1 aliphatic heterocycles. The third-order valence-electron chi connectivity index (χ3n) is 7.02. The first-order chi connectivity index (χ1) is 12.6. The van der Waals surface area contributed by atoms with Crippen molar-refractivity contribution < 1.29 is 19.7 Å². The molecule has 1 saturated heterocycles. The van der Waals surface area contributed by atoms with Crippen LogP contribution in [0.2, 0.25) is 0 Å². The highest BCUT2D eigenvalue weighted by molar-refractivity contribution is 5.56. The summed E-state index contributed by atoms with van der Waals surface area (Å²) in [5, 5.41) is 21.8. The molecule has 1 heterocycles. The van der Waals surface area contributed by atoms with Crippen molar-refractivity contribution in [2.75, 3.05) is 27.3 Å². The normalized spacial score (nSPS) is 36.1. The van der Waals surface area contributed by atoms with E-state index >= 15 is 0 Å². The topological polar surface area (TPSA) is 62.2 Å². The van der Waals surface area contributed by atoms with Gasteiger partial charge >= 0.3 is 0 Å². The molecule has 4 rings (SSSR count). The van der Waals surface area contributed by atoms with Gasteiger partial charge in [0.2, 0.25) is 0 Å². The van der Waals surface area contributed by atoms with E-state index in [1.807, 2.05) is 12.1 Å². The molecule has 1 saturated carbocycles. The van der Waals surface area contributed by atoms with Crippen molar-refractivity contribution in [3.8, 4) is 11.5 Å². The fraction of sp³-hybridized carbons (Fsp3) is 0.619. The van der Waals surface area contributed by atoms with Crippen molar-refractivity contribution >= 4 is 0 Å². The molecule has 3 aliphatic rings.